The minimum Gasteiger partial charge on any atom is -0.455 e. The minimum absolute atomic E-state index is 0.0917. The number of nitrogens with one attached hydrogen (secondary N) is 1. The summed E-state index contributed by atoms with van der Waals surface area (Å²) in [4.78, 5) is 24.8. The number of sulfonamides is 1. The van der Waals surface area contributed by atoms with E-state index in [9.17, 15) is 26.4 Å². The van der Waals surface area contributed by atoms with Gasteiger partial charge in [-0.2, -0.15) is 0 Å². The van der Waals surface area contributed by atoms with Gasteiger partial charge in [-0.1, -0.05) is 6.07 Å². The summed E-state index contributed by atoms with van der Waals surface area (Å²) in [7, 11) is -0.999. The number of aromatic nitrogens is 3. The summed E-state index contributed by atoms with van der Waals surface area (Å²) in [5.41, 5.74) is 3.30. The highest BCUT2D eigenvalue weighted by Gasteiger charge is 2.34. The van der Waals surface area contributed by atoms with Gasteiger partial charge in [0.25, 0.3) is 5.91 Å². The van der Waals surface area contributed by atoms with Crippen molar-refractivity contribution in [3.63, 3.8) is 0 Å². The van der Waals surface area contributed by atoms with Gasteiger partial charge in [0.05, 0.1) is 46.3 Å². The van der Waals surface area contributed by atoms with Crippen LogP contribution in [0.5, 0.6) is 0 Å². The quantitative estimate of drug-likeness (QED) is 0.183. The Morgan fingerprint density at radius 1 is 0.962 bits per heavy atom. The predicted octanol–water partition coefficient (Wildman–Crippen LogP) is 6.64. The summed E-state index contributed by atoms with van der Waals surface area (Å²) >= 11 is 0. The van der Waals surface area contributed by atoms with Crippen LogP contribution in [0.2, 0.25) is 0 Å². The number of pyridine rings is 1. The van der Waals surface area contributed by atoms with Crippen LogP contribution in [0.3, 0.4) is 0 Å². The maximum absolute atomic E-state index is 15.2. The van der Waals surface area contributed by atoms with Crippen molar-refractivity contribution in [2.75, 3.05) is 37.7 Å². The van der Waals surface area contributed by atoms with Crippen molar-refractivity contribution in [2.24, 2.45) is 0 Å². The molecule has 0 spiro atoms. The fourth-order valence-corrected chi connectivity index (χ4v) is 7.39. The van der Waals surface area contributed by atoms with Crippen molar-refractivity contribution in [3.05, 3.63) is 95.8 Å². The molecule has 0 unspecified atom stereocenters. The molecule has 0 radical (unpaired) electrons. The van der Waals surface area contributed by atoms with Gasteiger partial charge in [0.15, 0.2) is 0 Å². The van der Waals surface area contributed by atoms with Crippen LogP contribution in [0.15, 0.2) is 77.2 Å². The zero-order valence-electron chi connectivity index (χ0n) is 28.0. The molecule has 4 aromatic heterocycles. The summed E-state index contributed by atoms with van der Waals surface area (Å²) in [5.74, 6) is -0.861. The number of halogens is 4. The number of hydrogen-bond donors (Lipinski definition) is 1. The first-order valence-corrected chi connectivity index (χ1v) is 18.1. The van der Waals surface area contributed by atoms with Crippen LogP contribution in [0.25, 0.3) is 61.0 Å². The summed E-state index contributed by atoms with van der Waals surface area (Å²) < 4.78 is 92.2. The zero-order valence-corrected chi connectivity index (χ0v) is 28.8. The molecule has 1 amide bonds. The largest absolute Gasteiger partial charge is 0.455 e. The minimum atomic E-state index is -3.83. The average molecular weight is 731 g/mol. The molecule has 3 aromatic carbocycles. The van der Waals surface area contributed by atoms with E-state index in [2.05, 4.69) is 5.32 Å². The molecule has 1 saturated heterocycles. The molecule has 1 N–H and O–H groups in total. The lowest BCUT2D eigenvalue weighted by Crippen LogP contribution is -2.25. The molecule has 2 atom stereocenters. The normalized spacial score (nSPS) is 16.8. The SMILES string of the molecule is CNC(=O)c1c(-c2ccc(F)cc2)oc2cc(N(C)S(C)(=O)=O)c(-c3ccc4nc(CN5C[C@H](F)[C@@H](F)C5)n5c6cccc(F)c6cc5c4n3)cc12. The molecule has 8 rings (SSSR count). The Kier molecular flexibility index (Phi) is 7.95. The van der Waals surface area contributed by atoms with Gasteiger partial charge in [-0.3, -0.25) is 18.4 Å². The van der Waals surface area contributed by atoms with E-state index in [0.717, 1.165) is 10.6 Å². The number of carbonyl (C=O) groups excluding carboxylic acids is 1. The summed E-state index contributed by atoms with van der Waals surface area (Å²) in [6.45, 7) is -0.128. The molecule has 1 aliphatic heterocycles. The van der Waals surface area contributed by atoms with Crippen LogP contribution in [0.1, 0.15) is 16.2 Å². The Bertz CT molecular complexity index is 2690. The van der Waals surface area contributed by atoms with Crippen LogP contribution in [0, 0.1) is 11.6 Å². The maximum Gasteiger partial charge on any atom is 0.255 e. The van der Waals surface area contributed by atoms with E-state index in [1.807, 2.05) is 0 Å². The van der Waals surface area contributed by atoms with Gasteiger partial charge < -0.3 is 9.73 Å². The first-order chi connectivity index (χ1) is 24.8. The first-order valence-electron chi connectivity index (χ1n) is 16.2. The van der Waals surface area contributed by atoms with Crippen molar-refractivity contribution in [1.29, 1.82) is 0 Å². The Labute approximate surface area is 294 Å². The highest BCUT2D eigenvalue weighted by Crippen LogP contribution is 2.42. The maximum atomic E-state index is 15.2. The average Bonchev–Trinajstić information content (AvgIpc) is 3.80. The van der Waals surface area contributed by atoms with Crippen molar-refractivity contribution >= 4 is 60.0 Å². The number of carbonyl (C=O) groups is 1. The number of fused-ring (bicyclic) bond motifs is 6. The van der Waals surface area contributed by atoms with Crippen molar-refractivity contribution in [2.45, 2.75) is 18.9 Å². The van der Waals surface area contributed by atoms with Crippen LogP contribution in [-0.4, -0.2) is 79.4 Å². The monoisotopic (exact) mass is 730 g/mol. The summed E-state index contributed by atoms with van der Waals surface area (Å²) in [5, 5.41) is 3.25. The Morgan fingerprint density at radius 3 is 2.38 bits per heavy atom. The zero-order chi connectivity index (χ0) is 36.6. The number of benzene rings is 3. The van der Waals surface area contributed by atoms with E-state index in [0.29, 0.717) is 55.5 Å². The number of furan rings is 1. The Morgan fingerprint density at radius 2 is 1.69 bits per heavy atom. The van der Waals surface area contributed by atoms with Crippen LogP contribution in [0.4, 0.5) is 23.2 Å². The lowest BCUT2D eigenvalue weighted by molar-refractivity contribution is 0.0964. The molecule has 1 aliphatic rings. The van der Waals surface area contributed by atoms with Crippen LogP contribution in [-0.2, 0) is 16.6 Å². The Balaban J connectivity index is 1.39. The lowest BCUT2D eigenvalue weighted by Gasteiger charge is -2.21. The third-order valence-electron chi connectivity index (χ3n) is 9.52. The molecule has 266 valence electrons. The molecular formula is C37H30F4N6O4S. The number of rotatable bonds is 7. The van der Waals surface area contributed by atoms with E-state index >= 15 is 4.39 Å². The predicted molar refractivity (Wildman–Crippen MR) is 190 cm³/mol. The molecule has 7 aromatic rings. The summed E-state index contributed by atoms with van der Waals surface area (Å²) in [6, 6.07) is 18.1. The topological polar surface area (TPSA) is 113 Å². The molecule has 52 heavy (non-hydrogen) atoms. The van der Waals surface area contributed by atoms with E-state index in [4.69, 9.17) is 14.4 Å². The molecular weight excluding hydrogens is 701 g/mol. The second kappa shape index (κ2) is 12.3. The number of amides is 1. The van der Waals surface area contributed by atoms with Crippen molar-refractivity contribution < 1.29 is 35.2 Å². The van der Waals surface area contributed by atoms with Gasteiger partial charge in [0.1, 0.15) is 46.7 Å². The van der Waals surface area contributed by atoms with E-state index < -0.39 is 39.9 Å². The van der Waals surface area contributed by atoms with Gasteiger partial charge >= 0.3 is 0 Å². The molecule has 0 saturated carbocycles. The van der Waals surface area contributed by atoms with Crippen molar-refractivity contribution in [1.82, 2.24) is 24.6 Å². The lowest BCUT2D eigenvalue weighted by atomic mass is 10.0. The number of hydrogen-bond acceptors (Lipinski definition) is 7. The number of nitrogens with zero attached hydrogens (tertiary/aromatic N) is 5. The highest BCUT2D eigenvalue weighted by molar-refractivity contribution is 7.92. The number of likely N-dealkylation sites (tertiary alicyclic amines) is 1. The van der Waals surface area contributed by atoms with E-state index in [1.54, 1.807) is 45.7 Å². The fourth-order valence-electron chi connectivity index (χ4n) is 6.88. The van der Waals surface area contributed by atoms with Crippen LogP contribution < -0.4 is 9.62 Å². The fraction of sp³-hybridized carbons (Fsp3) is 0.216. The number of alkyl halides is 2. The molecule has 15 heteroatoms. The Hall–Kier alpha value is -5.54. The smallest absolute Gasteiger partial charge is 0.255 e. The highest BCUT2D eigenvalue weighted by atomic mass is 32.2. The number of anilines is 1. The molecule has 10 nitrogen and oxygen atoms in total. The third-order valence-corrected chi connectivity index (χ3v) is 10.7. The third kappa shape index (κ3) is 5.51. The molecule has 1 fully saturated rings. The first kappa shape index (κ1) is 33.6. The molecule has 5 heterocycles. The van der Waals surface area contributed by atoms with Gasteiger partial charge in [-0.15, -0.1) is 0 Å². The van der Waals surface area contributed by atoms with Gasteiger partial charge in [-0.25, -0.2) is 35.9 Å². The van der Waals surface area contributed by atoms with Gasteiger partial charge in [0, 0.05) is 55.2 Å². The second-order valence-corrected chi connectivity index (χ2v) is 14.9. The van der Waals surface area contributed by atoms with Gasteiger partial charge in [-0.05, 0) is 60.7 Å². The second-order valence-electron chi connectivity index (χ2n) is 12.8. The van der Waals surface area contributed by atoms with Gasteiger partial charge in [0.2, 0.25) is 10.0 Å². The van der Waals surface area contributed by atoms with Crippen molar-refractivity contribution in [3.8, 4) is 22.6 Å². The summed E-state index contributed by atoms with van der Waals surface area (Å²) in [6.07, 6.45) is -2.20. The molecule has 0 bridgehead atoms. The molecule has 0 aliphatic carbocycles. The van der Waals surface area contributed by atoms with Crippen LogP contribution >= 0.6 is 0 Å². The van der Waals surface area contributed by atoms with E-state index in [1.165, 1.54) is 50.5 Å². The standard InChI is InChI=1S/C37H30F4N6O4S/c1-42-37(48)34-23-13-22(30(45(2)52(3,49)50)15-32(23)51-36(34)19-7-9-20(38)10-8-19)27-11-12-28-35(44-27)31-14-21-24(39)5-4-6-29(21)47(31)33(43-28)18-46-16-25(40)26(41)17-46/h4-15,25-26H,16-18H2,1-3H3,(H,42,48)/t25-,26-/m0/s1. The van der Waals surface area contributed by atoms with E-state index in [-0.39, 0.29) is 42.2 Å².